The van der Waals surface area contributed by atoms with Gasteiger partial charge in [-0.05, 0) is 29.5 Å². The van der Waals surface area contributed by atoms with Crippen LogP contribution in [0, 0.1) is 0 Å². The van der Waals surface area contributed by atoms with Crippen LogP contribution in [-0.4, -0.2) is 51.9 Å². The summed E-state index contributed by atoms with van der Waals surface area (Å²) < 4.78 is 5.60. The molecular weight excluding hydrogens is 332 g/mol. The van der Waals surface area contributed by atoms with Crippen molar-refractivity contribution >= 4 is 17.8 Å². The van der Waals surface area contributed by atoms with Crippen molar-refractivity contribution in [2.75, 3.05) is 6.61 Å². The predicted octanol–water partition coefficient (Wildman–Crippen LogP) is 2.05. The fourth-order valence-electron chi connectivity index (χ4n) is 3.25. The molecule has 0 unspecified atom stereocenters. The van der Waals surface area contributed by atoms with Gasteiger partial charge in [-0.3, -0.25) is 9.69 Å². The lowest BCUT2D eigenvalue weighted by Crippen LogP contribution is -2.40. The number of ether oxygens (including phenoxy) is 1. The number of benzene rings is 1. The monoisotopic (exact) mass is 358 g/mol. The van der Waals surface area contributed by atoms with E-state index in [1.807, 2.05) is 12.1 Å². The van der Waals surface area contributed by atoms with Crippen molar-refractivity contribution in [2.24, 2.45) is 4.99 Å². The number of rotatable bonds is 3. The maximum Gasteiger partial charge on any atom is 0.280 e. The van der Waals surface area contributed by atoms with Crippen molar-refractivity contribution < 1.29 is 19.7 Å². The summed E-state index contributed by atoms with van der Waals surface area (Å²) in [5, 5.41) is 19.1. The first-order valence-corrected chi connectivity index (χ1v) is 8.86. The van der Waals surface area contributed by atoms with Gasteiger partial charge in [-0.25, -0.2) is 4.99 Å². The number of carbonyl (C=O) groups is 1. The number of nitrogens with zero attached hydrogens (tertiary/aromatic N) is 2. The van der Waals surface area contributed by atoms with Crippen molar-refractivity contribution in [3.05, 3.63) is 41.1 Å². The third-order valence-electron chi connectivity index (χ3n) is 4.82. The molecular formula is C20H26N2O4. The zero-order valence-electron chi connectivity index (χ0n) is 15.6. The Labute approximate surface area is 153 Å². The second kappa shape index (κ2) is 6.95. The van der Waals surface area contributed by atoms with E-state index in [1.54, 1.807) is 13.0 Å². The molecule has 6 nitrogen and oxygen atoms in total. The number of hydrogen-bond acceptors (Lipinski definition) is 5. The van der Waals surface area contributed by atoms with E-state index in [9.17, 15) is 15.0 Å². The fraction of sp³-hybridized carbons (Fsp3) is 0.500. The lowest BCUT2D eigenvalue weighted by atomic mass is 9.87. The zero-order valence-corrected chi connectivity index (χ0v) is 15.6. The van der Waals surface area contributed by atoms with E-state index in [0.717, 1.165) is 5.56 Å². The third kappa shape index (κ3) is 3.58. The van der Waals surface area contributed by atoms with Gasteiger partial charge < -0.3 is 14.9 Å². The van der Waals surface area contributed by atoms with Crippen molar-refractivity contribution in [1.29, 1.82) is 0 Å². The molecule has 2 aliphatic heterocycles. The van der Waals surface area contributed by atoms with Gasteiger partial charge >= 0.3 is 0 Å². The first-order valence-electron chi connectivity index (χ1n) is 8.86. The maximum atomic E-state index is 12.8. The fourth-order valence-corrected chi connectivity index (χ4v) is 3.25. The number of aliphatic hydroxyl groups is 2. The molecule has 0 aliphatic carbocycles. The van der Waals surface area contributed by atoms with Crippen LogP contribution in [0.15, 0.2) is 35.0 Å². The van der Waals surface area contributed by atoms with Gasteiger partial charge in [-0.1, -0.05) is 45.0 Å². The Morgan fingerprint density at radius 2 is 1.96 bits per heavy atom. The van der Waals surface area contributed by atoms with Gasteiger partial charge in [0.05, 0.1) is 12.7 Å². The summed E-state index contributed by atoms with van der Waals surface area (Å²) in [6.07, 6.45) is -0.0420. The van der Waals surface area contributed by atoms with E-state index >= 15 is 0 Å². The highest BCUT2D eigenvalue weighted by Gasteiger charge is 2.42. The van der Waals surface area contributed by atoms with Crippen LogP contribution in [0.3, 0.4) is 0 Å². The summed E-state index contributed by atoms with van der Waals surface area (Å²) >= 11 is 0. The Kier molecular flexibility index (Phi) is 5.01. The number of carbonyl (C=O) groups excluding carboxylic acids is 1. The second-order valence-electron chi connectivity index (χ2n) is 7.85. The Balaban J connectivity index is 1.79. The molecule has 3 atom stereocenters. The normalized spacial score (nSPS) is 28.2. The number of amidine groups is 1. The quantitative estimate of drug-likeness (QED) is 0.810. The standard InChI is InChI=1S/C20H26N2O4/c1-12-21-15(9-13-5-7-14(8-6-13)20(2,3)4)19(25)22(12)18-10-16(24)17(11-23)26-18/h5-9,16-18,23-24H,10-11H2,1-4H3/b15-9+/t16-,17+,18+/m0/s1. The highest BCUT2D eigenvalue weighted by Crippen LogP contribution is 2.29. The zero-order chi connectivity index (χ0) is 19.1. The van der Waals surface area contributed by atoms with E-state index in [2.05, 4.69) is 37.9 Å². The Morgan fingerprint density at radius 3 is 2.50 bits per heavy atom. The molecule has 3 rings (SSSR count). The van der Waals surface area contributed by atoms with Crippen molar-refractivity contribution in [3.63, 3.8) is 0 Å². The molecule has 1 amide bonds. The van der Waals surface area contributed by atoms with Crippen molar-refractivity contribution in [3.8, 4) is 0 Å². The lowest BCUT2D eigenvalue weighted by molar-refractivity contribution is -0.133. The minimum absolute atomic E-state index is 0.0737. The minimum atomic E-state index is -0.788. The van der Waals surface area contributed by atoms with Gasteiger partial charge in [0, 0.05) is 6.42 Å². The average molecular weight is 358 g/mol. The lowest BCUT2D eigenvalue weighted by Gasteiger charge is -2.23. The first-order chi connectivity index (χ1) is 12.2. The van der Waals surface area contributed by atoms with Crippen LogP contribution >= 0.6 is 0 Å². The number of amides is 1. The summed E-state index contributed by atoms with van der Waals surface area (Å²) in [5.41, 5.74) is 2.54. The third-order valence-corrected chi connectivity index (χ3v) is 4.82. The molecule has 140 valence electrons. The Bertz CT molecular complexity index is 746. The van der Waals surface area contributed by atoms with Gasteiger partial charge in [0.1, 0.15) is 23.9 Å². The van der Waals surface area contributed by atoms with E-state index in [0.29, 0.717) is 11.5 Å². The topological polar surface area (TPSA) is 82.4 Å². The van der Waals surface area contributed by atoms with E-state index in [-0.39, 0.29) is 24.3 Å². The van der Waals surface area contributed by atoms with Crippen molar-refractivity contribution in [2.45, 2.75) is 58.0 Å². The summed E-state index contributed by atoms with van der Waals surface area (Å²) in [6, 6.07) is 8.07. The molecule has 0 radical (unpaired) electrons. The SMILES string of the molecule is CC1=N/C(=C/c2ccc(C(C)(C)C)cc2)C(=O)N1[C@H]1C[C@H](O)[C@@H](CO)O1. The van der Waals surface area contributed by atoms with Gasteiger partial charge in [0.25, 0.3) is 5.91 Å². The summed E-state index contributed by atoms with van der Waals surface area (Å²) in [6.45, 7) is 7.93. The molecule has 6 heteroatoms. The average Bonchev–Trinajstić information content (AvgIpc) is 3.06. The minimum Gasteiger partial charge on any atom is -0.394 e. The predicted molar refractivity (Wildman–Crippen MR) is 99.4 cm³/mol. The molecule has 2 N–H and O–H groups in total. The molecule has 1 fully saturated rings. The highest BCUT2D eigenvalue weighted by atomic mass is 16.5. The van der Waals surface area contributed by atoms with Crippen LogP contribution in [0.1, 0.15) is 45.2 Å². The highest BCUT2D eigenvalue weighted by molar-refractivity contribution is 6.13. The molecule has 1 aromatic rings. The first kappa shape index (κ1) is 18.8. The van der Waals surface area contributed by atoms with Crippen LogP contribution < -0.4 is 0 Å². The largest absolute Gasteiger partial charge is 0.394 e. The molecule has 1 saturated heterocycles. The summed E-state index contributed by atoms with van der Waals surface area (Å²) in [4.78, 5) is 18.6. The molecule has 0 saturated carbocycles. The van der Waals surface area contributed by atoms with E-state index in [4.69, 9.17) is 4.74 Å². The second-order valence-corrected chi connectivity index (χ2v) is 7.85. The molecule has 0 bridgehead atoms. The molecule has 0 aromatic heterocycles. The molecule has 2 heterocycles. The van der Waals surface area contributed by atoms with Gasteiger partial charge in [-0.15, -0.1) is 0 Å². The summed E-state index contributed by atoms with van der Waals surface area (Å²) in [7, 11) is 0. The number of hydrogen-bond donors (Lipinski definition) is 2. The number of aliphatic imine (C=N–C) groups is 1. The smallest absolute Gasteiger partial charge is 0.280 e. The Hall–Kier alpha value is -2.02. The van der Waals surface area contributed by atoms with Crippen LogP contribution in [0.4, 0.5) is 0 Å². The molecule has 2 aliphatic rings. The van der Waals surface area contributed by atoms with E-state index in [1.165, 1.54) is 10.5 Å². The summed E-state index contributed by atoms with van der Waals surface area (Å²) in [5.74, 6) is 0.279. The van der Waals surface area contributed by atoms with Crippen molar-refractivity contribution in [1.82, 2.24) is 4.90 Å². The van der Waals surface area contributed by atoms with Gasteiger partial charge in [0.15, 0.2) is 0 Å². The van der Waals surface area contributed by atoms with Gasteiger partial charge in [-0.2, -0.15) is 0 Å². The van der Waals surface area contributed by atoms with Crippen LogP contribution in [0.2, 0.25) is 0 Å². The molecule has 0 spiro atoms. The Morgan fingerprint density at radius 1 is 1.31 bits per heavy atom. The van der Waals surface area contributed by atoms with E-state index < -0.39 is 18.4 Å². The molecule has 26 heavy (non-hydrogen) atoms. The number of aliphatic hydroxyl groups excluding tert-OH is 2. The van der Waals surface area contributed by atoms with Gasteiger partial charge in [0.2, 0.25) is 0 Å². The van der Waals surface area contributed by atoms with Crippen LogP contribution in [0.5, 0.6) is 0 Å². The maximum absolute atomic E-state index is 12.8. The molecule has 1 aromatic carbocycles. The van der Waals surface area contributed by atoms with Crippen LogP contribution in [-0.2, 0) is 14.9 Å². The van der Waals surface area contributed by atoms with Crippen LogP contribution in [0.25, 0.3) is 6.08 Å².